The van der Waals surface area contributed by atoms with Crippen molar-refractivity contribution in [3.05, 3.63) is 29.3 Å². The number of hydrogen-bond acceptors (Lipinski definition) is 4. The van der Waals surface area contributed by atoms with Crippen LogP contribution in [0.25, 0.3) is 0 Å². The van der Waals surface area contributed by atoms with E-state index in [2.05, 4.69) is 10.6 Å². The van der Waals surface area contributed by atoms with Crippen LogP contribution in [0.5, 0.6) is 0 Å². The lowest BCUT2D eigenvalue weighted by Crippen LogP contribution is -2.33. The fourth-order valence-electron chi connectivity index (χ4n) is 1.45. The monoisotopic (exact) mass is 344 g/mol. The molecule has 122 valence electrons. The number of halogens is 1. The van der Waals surface area contributed by atoms with E-state index in [1.165, 1.54) is 11.8 Å². The number of carbonyl (C=O) groups is 2. The summed E-state index contributed by atoms with van der Waals surface area (Å²) < 4.78 is 5.10. The molecule has 2 amide bonds. The predicted octanol–water partition coefficient (Wildman–Crippen LogP) is 3.54. The van der Waals surface area contributed by atoms with Crippen LogP contribution in [0.3, 0.4) is 0 Å². The first kappa shape index (κ1) is 18.6. The Balaban J connectivity index is 2.16. The zero-order valence-electron chi connectivity index (χ0n) is 12.9. The van der Waals surface area contributed by atoms with Gasteiger partial charge in [-0.15, -0.1) is 0 Å². The van der Waals surface area contributed by atoms with Gasteiger partial charge in [0.05, 0.1) is 16.5 Å². The molecule has 0 aliphatic carbocycles. The van der Waals surface area contributed by atoms with Gasteiger partial charge in [-0.25, -0.2) is 4.79 Å². The first-order valence-corrected chi connectivity index (χ1v) is 8.40. The molecule has 7 heteroatoms. The molecule has 0 heterocycles. The molecule has 1 aromatic rings. The maximum Gasteiger partial charge on any atom is 0.407 e. The minimum Gasteiger partial charge on any atom is -0.444 e. The number of ether oxygens (including phenoxy) is 1. The topological polar surface area (TPSA) is 67.4 Å². The lowest BCUT2D eigenvalue weighted by molar-refractivity contribution is -0.113. The highest BCUT2D eigenvalue weighted by Crippen LogP contribution is 2.20. The summed E-state index contributed by atoms with van der Waals surface area (Å²) in [5.41, 5.74) is 0.0909. The SMILES string of the molecule is CC(C)(C)OC(=O)NCCSCC(=O)Nc1ccccc1Cl. The van der Waals surface area contributed by atoms with Crippen molar-refractivity contribution < 1.29 is 14.3 Å². The number of carbonyl (C=O) groups excluding carboxylic acids is 2. The van der Waals surface area contributed by atoms with Crippen molar-refractivity contribution in [2.75, 3.05) is 23.4 Å². The Labute approximate surface area is 140 Å². The van der Waals surface area contributed by atoms with Crippen LogP contribution in [-0.2, 0) is 9.53 Å². The van der Waals surface area contributed by atoms with Gasteiger partial charge in [-0.3, -0.25) is 4.79 Å². The van der Waals surface area contributed by atoms with Gasteiger partial charge in [0.1, 0.15) is 5.60 Å². The van der Waals surface area contributed by atoms with Crippen LogP contribution in [0.15, 0.2) is 24.3 Å². The molecule has 0 unspecified atom stereocenters. The third-order valence-electron chi connectivity index (χ3n) is 2.30. The summed E-state index contributed by atoms with van der Waals surface area (Å²) in [5, 5.41) is 5.88. The Bertz CT molecular complexity index is 518. The minimum absolute atomic E-state index is 0.129. The second-order valence-electron chi connectivity index (χ2n) is 5.51. The van der Waals surface area contributed by atoms with E-state index in [1.54, 1.807) is 45.0 Å². The van der Waals surface area contributed by atoms with Gasteiger partial charge >= 0.3 is 6.09 Å². The van der Waals surface area contributed by atoms with Crippen LogP contribution in [-0.4, -0.2) is 35.7 Å². The van der Waals surface area contributed by atoms with Gasteiger partial charge in [0.2, 0.25) is 5.91 Å². The fraction of sp³-hybridized carbons (Fsp3) is 0.467. The summed E-state index contributed by atoms with van der Waals surface area (Å²) >= 11 is 7.38. The summed E-state index contributed by atoms with van der Waals surface area (Å²) in [6, 6.07) is 7.07. The van der Waals surface area contributed by atoms with Crippen molar-refractivity contribution in [3.63, 3.8) is 0 Å². The molecular weight excluding hydrogens is 324 g/mol. The molecule has 0 saturated carbocycles. The largest absolute Gasteiger partial charge is 0.444 e. The Hall–Kier alpha value is -1.40. The quantitative estimate of drug-likeness (QED) is 0.774. The summed E-state index contributed by atoms with van der Waals surface area (Å²) in [5.74, 6) is 0.784. The molecule has 0 radical (unpaired) electrons. The molecule has 0 bridgehead atoms. The normalized spacial score (nSPS) is 10.9. The zero-order chi connectivity index (χ0) is 16.6. The van der Waals surface area contributed by atoms with E-state index in [1.807, 2.05) is 0 Å². The molecule has 0 fully saturated rings. The zero-order valence-corrected chi connectivity index (χ0v) is 14.5. The third-order valence-corrected chi connectivity index (χ3v) is 3.58. The second kappa shape index (κ2) is 8.90. The number of nitrogens with one attached hydrogen (secondary N) is 2. The summed E-state index contributed by atoms with van der Waals surface area (Å²) in [7, 11) is 0. The summed E-state index contributed by atoms with van der Waals surface area (Å²) in [4.78, 5) is 23.1. The summed E-state index contributed by atoms with van der Waals surface area (Å²) in [6.45, 7) is 5.86. The van der Waals surface area contributed by atoms with Crippen molar-refractivity contribution >= 4 is 41.1 Å². The lowest BCUT2D eigenvalue weighted by Gasteiger charge is -2.19. The molecule has 0 aliphatic rings. The van der Waals surface area contributed by atoms with Crippen LogP contribution < -0.4 is 10.6 Å². The van der Waals surface area contributed by atoms with E-state index in [0.717, 1.165) is 0 Å². The van der Waals surface area contributed by atoms with Gasteiger partial charge in [0.25, 0.3) is 0 Å². The standard InChI is InChI=1S/C15H21ClN2O3S/c1-15(2,3)21-14(20)17-8-9-22-10-13(19)18-12-7-5-4-6-11(12)16/h4-7H,8-10H2,1-3H3,(H,17,20)(H,18,19). The number of thioether (sulfide) groups is 1. The lowest BCUT2D eigenvalue weighted by atomic mass is 10.2. The average molecular weight is 345 g/mol. The molecule has 0 aromatic heterocycles. The number of rotatable bonds is 6. The summed E-state index contributed by atoms with van der Waals surface area (Å²) in [6.07, 6.45) is -0.450. The first-order chi connectivity index (χ1) is 10.3. The van der Waals surface area contributed by atoms with Crippen molar-refractivity contribution in [3.8, 4) is 0 Å². The maximum absolute atomic E-state index is 11.7. The van der Waals surface area contributed by atoms with Crippen LogP contribution in [0, 0.1) is 0 Å². The molecule has 0 aliphatic heterocycles. The van der Waals surface area contributed by atoms with Gasteiger partial charge in [0.15, 0.2) is 0 Å². The molecular formula is C15H21ClN2O3S. The minimum atomic E-state index is -0.508. The number of para-hydroxylation sites is 1. The maximum atomic E-state index is 11.7. The Morgan fingerprint density at radius 3 is 2.59 bits per heavy atom. The Morgan fingerprint density at radius 1 is 1.27 bits per heavy atom. The first-order valence-electron chi connectivity index (χ1n) is 6.87. The van der Waals surface area contributed by atoms with Crippen LogP contribution in [0.4, 0.5) is 10.5 Å². The third kappa shape index (κ3) is 8.14. The predicted molar refractivity (Wildman–Crippen MR) is 91.6 cm³/mol. The van der Waals surface area contributed by atoms with Crippen LogP contribution in [0.1, 0.15) is 20.8 Å². The van der Waals surface area contributed by atoms with E-state index in [0.29, 0.717) is 28.8 Å². The number of hydrogen-bond donors (Lipinski definition) is 2. The number of amides is 2. The Kier molecular flexibility index (Phi) is 7.55. The highest BCUT2D eigenvalue weighted by Gasteiger charge is 2.15. The number of alkyl carbamates (subject to hydrolysis) is 1. The van der Waals surface area contributed by atoms with E-state index < -0.39 is 11.7 Å². The molecule has 5 nitrogen and oxygen atoms in total. The molecule has 2 N–H and O–H groups in total. The van der Waals surface area contributed by atoms with Gasteiger partial charge in [-0.1, -0.05) is 23.7 Å². The number of anilines is 1. The molecule has 1 aromatic carbocycles. The highest BCUT2D eigenvalue weighted by molar-refractivity contribution is 7.99. The van der Waals surface area contributed by atoms with E-state index in [9.17, 15) is 9.59 Å². The van der Waals surface area contributed by atoms with Gasteiger partial charge < -0.3 is 15.4 Å². The fourth-order valence-corrected chi connectivity index (χ4v) is 2.28. The van der Waals surface area contributed by atoms with Crippen molar-refractivity contribution in [1.82, 2.24) is 5.32 Å². The van der Waals surface area contributed by atoms with E-state index >= 15 is 0 Å². The highest BCUT2D eigenvalue weighted by atomic mass is 35.5. The van der Waals surface area contributed by atoms with Crippen LogP contribution >= 0.6 is 23.4 Å². The van der Waals surface area contributed by atoms with Crippen molar-refractivity contribution in [2.24, 2.45) is 0 Å². The van der Waals surface area contributed by atoms with Crippen molar-refractivity contribution in [1.29, 1.82) is 0 Å². The molecule has 22 heavy (non-hydrogen) atoms. The molecule has 0 spiro atoms. The molecule has 1 rings (SSSR count). The Morgan fingerprint density at radius 2 is 1.95 bits per heavy atom. The van der Waals surface area contributed by atoms with Gasteiger partial charge in [-0.05, 0) is 32.9 Å². The number of benzene rings is 1. The second-order valence-corrected chi connectivity index (χ2v) is 7.02. The van der Waals surface area contributed by atoms with E-state index in [4.69, 9.17) is 16.3 Å². The van der Waals surface area contributed by atoms with Gasteiger partial charge in [0, 0.05) is 12.3 Å². The van der Waals surface area contributed by atoms with E-state index in [-0.39, 0.29) is 5.91 Å². The molecule has 0 saturated heterocycles. The van der Waals surface area contributed by atoms with Crippen molar-refractivity contribution in [2.45, 2.75) is 26.4 Å². The van der Waals surface area contributed by atoms with Gasteiger partial charge in [-0.2, -0.15) is 11.8 Å². The molecule has 0 atom stereocenters. The average Bonchev–Trinajstić information content (AvgIpc) is 2.39. The van der Waals surface area contributed by atoms with Crippen LogP contribution in [0.2, 0.25) is 5.02 Å². The smallest absolute Gasteiger partial charge is 0.407 e.